The van der Waals surface area contributed by atoms with Crippen molar-refractivity contribution in [2.75, 3.05) is 66.1 Å². The highest BCUT2D eigenvalue weighted by atomic mass is 127. The van der Waals surface area contributed by atoms with Gasteiger partial charge in [0.2, 0.25) is 0 Å². The molecule has 0 radical (unpaired) electrons. The molecule has 2 aliphatic heterocycles. The van der Waals surface area contributed by atoms with E-state index < -0.39 is 0 Å². The molecule has 7 heteroatoms. The van der Waals surface area contributed by atoms with Crippen molar-refractivity contribution in [2.24, 2.45) is 4.99 Å². The monoisotopic (exact) mass is 509 g/mol. The van der Waals surface area contributed by atoms with Crippen molar-refractivity contribution in [3.63, 3.8) is 0 Å². The second-order valence-corrected chi connectivity index (χ2v) is 7.98. The average Bonchev–Trinajstić information content (AvgIpc) is 2.71. The van der Waals surface area contributed by atoms with Gasteiger partial charge in [0.05, 0.1) is 6.61 Å². The summed E-state index contributed by atoms with van der Waals surface area (Å²) in [4.78, 5) is 9.94. The highest BCUT2D eigenvalue weighted by Gasteiger charge is 2.19. The van der Waals surface area contributed by atoms with Gasteiger partial charge in [0.25, 0.3) is 0 Å². The lowest BCUT2D eigenvalue weighted by atomic mass is 10.1. The van der Waals surface area contributed by atoms with Crippen molar-refractivity contribution in [1.82, 2.24) is 20.4 Å². The molecular weight excluding hydrogens is 465 g/mol. The summed E-state index contributed by atoms with van der Waals surface area (Å²) in [6, 6.07) is 0.542. The first-order valence-electron chi connectivity index (χ1n) is 11.3. The number of piperidine rings is 2. The van der Waals surface area contributed by atoms with Gasteiger partial charge in [-0.15, -0.1) is 24.0 Å². The molecule has 0 amide bonds. The molecule has 0 spiro atoms. The van der Waals surface area contributed by atoms with E-state index in [0.29, 0.717) is 6.04 Å². The quantitative estimate of drug-likeness (QED) is 0.194. The van der Waals surface area contributed by atoms with Crippen LogP contribution >= 0.6 is 24.0 Å². The molecule has 0 aliphatic carbocycles. The maximum atomic E-state index is 5.19. The third kappa shape index (κ3) is 11.2. The SMILES string of the molecule is CCNC(=NCCCCCN1CCCCC1)NC1CCN(CCOC)CC1.I. The number of hydrogen-bond acceptors (Lipinski definition) is 4. The van der Waals surface area contributed by atoms with Gasteiger partial charge in [0, 0.05) is 45.9 Å². The first-order chi connectivity index (χ1) is 13.3. The Hall–Kier alpha value is -0.120. The van der Waals surface area contributed by atoms with E-state index in [1.165, 1.54) is 71.0 Å². The number of hydrogen-bond donors (Lipinski definition) is 2. The van der Waals surface area contributed by atoms with Crippen molar-refractivity contribution in [1.29, 1.82) is 0 Å². The van der Waals surface area contributed by atoms with Crippen LogP contribution in [0.1, 0.15) is 58.3 Å². The molecule has 0 unspecified atom stereocenters. The number of unbranched alkanes of at least 4 members (excludes halogenated alkanes) is 2. The number of ether oxygens (including phenoxy) is 1. The molecule has 2 N–H and O–H groups in total. The Morgan fingerprint density at radius 2 is 1.68 bits per heavy atom. The number of methoxy groups -OCH3 is 1. The van der Waals surface area contributed by atoms with Crippen LogP contribution in [0.5, 0.6) is 0 Å². The van der Waals surface area contributed by atoms with Crippen molar-refractivity contribution >= 4 is 29.9 Å². The van der Waals surface area contributed by atoms with Crippen LogP contribution in [-0.2, 0) is 4.74 Å². The maximum absolute atomic E-state index is 5.19. The number of nitrogens with one attached hydrogen (secondary N) is 2. The van der Waals surface area contributed by atoms with E-state index in [1.807, 2.05) is 0 Å². The Bertz CT molecular complexity index is 396. The van der Waals surface area contributed by atoms with Crippen LogP contribution in [0.3, 0.4) is 0 Å². The van der Waals surface area contributed by atoms with Crippen LogP contribution in [0.4, 0.5) is 0 Å². The molecule has 2 rings (SSSR count). The van der Waals surface area contributed by atoms with Gasteiger partial charge in [-0.3, -0.25) is 4.99 Å². The van der Waals surface area contributed by atoms with E-state index in [4.69, 9.17) is 9.73 Å². The van der Waals surface area contributed by atoms with E-state index in [0.717, 1.165) is 45.3 Å². The standard InChI is InChI=1S/C21H43N5O.HI/c1-3-22-21(24-20-10-16-26(17-11-20)18-19-27-2)23-12-6-4-7-13-25-14-8-5-9-15-25;/h20H,3-19H2,1-2H3,(H2,22,23,24);1H. The smallest absolute Gasteiger partial charge is 0.191 e. The summed E-state index contributed by atoms with van der Waals surface area (Å²) in [7, 11) is 1.78. The van der Waals surface area contributed by atoms with Crippen LogP contribution in [0.2, 0.25) is 0 Å². The molecule has 0 aromatic heterocycles. The van der Waals surface area contributed by atoms with E-state index >= 15 is 0 Å². The molecule has 28 heavy (non-hydrogen) atoms. The fraction of sp³-hybridized carbons (Fsp3) is 0.952. The third-order valence-corrected chi connectivity index (χ3v) is 5.74. The Balaban J connectivity index is 0.00000392. The fourth-order valence-corrected chi connectivity index (χ4v) is 4.03. The second-order valence-electron chi connectivity index (χ2n) is 7.98. The van der Waals surface area contributed by atoms with Crippen LogP contribution < -0.4 is 10.6 Å². The number of likely N-dealkylation sites (tertiary alicyclic amines) is 2. The number of guanidine groups is 1. The molecule has 166 valence electrons. The van der Waals surface area contributed by atoms with E-state index in [2.05, 4.69) is 27.4 Å². The number of nitrogens with zero attached hydrogens (tertiary/aromatic N) is 3. The van der Waals surface area contributed by atoms with Gasteiger partial charge in [-0.25, -0.2) is 0 Å². The maximum Gasteiger partial charge on any atom is 0.191 e. The molecule has 6 nitrogen and oxygen atoms in total. The zero-order chi connectivity index (χ0) is 19.2. The van der Waals surface area contributed by atoms with Crippen LogP contribution in [0.25, 0.3) is 0 Å². The number of aliphatic imine (C=N–C) groups is 1. The molecule has 2 aliphatic rings. The van der Waals surface area contributed by atoms with Crippen LogP contribution in [0.15, 0.2) is 4.99 Å². The summed E-state index contributed by atoms with van der Waals surface area (Å²) >= 11 is 0. The van der Waals surface area contributed by atoms with Gasteiger partial charge >= 0.3 is 0 Å². The molecule has 0 aromatic carbocycles. The van der Waals surface area contributed by atoms with Gasteiger partial charge in [0.1, 0.15) is 0 Å². The van der Waals surface area contributed by atoms with Gasteiger partial charge < -0.3 is 25.2 Å². The minimum absolute atomic E-state index is 0. The molecule has 0 bridgehead atoms. The third-order valence-electron chi connectivity index (χ3n) is 5.74. The molecule has 2 saturated heterocycles. The molecule has 0 aromatic rings. The number of halogens is 1. The fourth-order valence-electron chi connectivity index (χ4n) is 4.03. The highest BCUT2D eigenvalue weighted by Crippen LogP contribution is 2.11. The normalized spacial score (nSPS) is 20.0. The summed E-state index contributed by atoms with van der Waals surface area (Å²) < 4.78 is 5.19. The van der Waals surface area contributed by atoms with Gasteiger partial charge in [-0.1, -0.05) is 12.8 Å². The molecule has 2 heterocycles. The minimum atomic E-state index is 0. The second kappa shape index (κ2) is 16.7. The van der Waals surface area contributed by atoms with Crippen LogP contribution in [0, 0.1) is 0 Å². The Kier molecular flexibility index (Phi) is 15.4. The topological polar surface area (TPSA) is 52.1 Å². The number of rotatable bonds is 11. The summed E-state index contributed by atoms with van der Waals surface area (Å²) in [5, 5.41) is 7.06. The lowest BCUT2D eigenvalue weighted by Crippen LogP contribution is -2.49. The van der Waals surface area contributed by atoms with Crippen molar-refractivity contribution in [2.45, 2.75) is 64.3 Å². The lowest BCUT2D eigenvalue weighted by molar-refractivity contribution is 0.128. The molecular formula is C21H44IN5O. The van der Waals surface area contributed by atoms with Gasteiger partial charge in [0.15, 0.2) is 5.96 Å². The summed E-state index contributed by atoms with van der Waals surface area (Å²) in [6.45, 7) is 12.1. The van der Waals surface area contributed by atoms with Crippen molar-refractivity contribution in [3.8, 4) is 0 Å². The van der Waals surface area contributed by atoms with Crippen molar-refractivity contribution < 1.29 is 4.74 Å². The van der Waals surface area contributed by atoms with Crippen molar-refractivity contribution in [3.05, 3.63) is 0 Å². The predicted octanol–water partition coefficient (Wildman–Crippen LogP) is 2.93. The summed E-state index contributed by atoms with van der Waals surface area (Å²) in [5.74, 6) is 1.00. The molecule has 0 saturated carbocycles. The Morgan fingerprint density at radius 1 is 0.964 bits per heavy atom. The Labute approximate surface area is 190 Å². The summed E-state index contributed by atoms with van der Waals surface area (Å²) in [5.41, 5.74) is 0. The lowest BCUT2D eigenvalue weighted by Gasteiger charge is -2.32. The van der Waals surface area contributed by atoms with E-state index in [-0.39, 0.29) is 24.0 Å². The average molecular weight is 510 g/mol. The highest BCUT2D eigenvalue weighted by molar-refractivity contribution is 14.0. The Morgan fingerprint density at radius 3 is 2.36 bits per heavy atom. The van der Waals surface area contributed by atoms with Gasteiger partial charge in [-0.05, 0) is 65.1 Å². The zero-order valence-electron chi connectivity index (χ0n) is 18.3. The zero-order valence-corrected chi connectivity index (χ0v) is 20.6. The van der Waals surface area contributed by atoms with Crippen LogP contribution in [-0.4, -0.2) is 87.9 Å². The molecule has 2 fully saturated rings. The molecule has 0 atom stereocenters. The first kappa shape index (κ1) is 25.9. The van der Waals surface area contributed by atoms with E-state index in [9.17, 15) is 0 Å². The minimum Gasteiger partial charge on any atom is -0.383 e. The largest absolute Gasteiger partial charge is 0.383 e. The van der Waals surface area contributed by atoms with E-state index in [1.54, 1.807) is 7.11 Å². The predicted molar refractivity (Wildman–Crippen MR) is 130 cm³/mol. The van der Waals surface area contributed by atoms with Gasteiger partial charge in [-0.2, -0.15) is 0 Å². The summed E-state index contributed by atoms with van der Waals surface area (Å²) in [6.07, 6.45) is 10.4. The first-order valence-corrected chi connectivity index (χ1v) is 11.3.